The highest BCUT2D eigenvalue weighted by molar-refractivity contribution is 5.93. The average molecular weight is 273 g/mol. The summed E-state index contributed by atoms with van der Waals surface area (Å²) in [6, 6.07) is 8.13. The Morgan fingerprint density at radius 2 is 2.20 bits per heavy atom. The number of hydrogen-bond acceptors (Lipinski definition) is 4. The summed E-state index contributed by atoms with van der Waals surface area (Å²) in [5.74, 6) is 0.0264. The van der Waals surface area contributed by atoms with E-state index in [1.54, 1.807) is 24.3 Å². The van der Waals surface area contributed by atoms with Gasteiger partial charge in [0.05, 0.1) is 12.0 Å². The standard InChI is InChI=1S/C15H15NO4/c17-12-7-14(20-13-4-2-1-3-11(12)13)15(18)16-8-10-5-6-19-9-10/h1-4,7,10H,5-6,8-9H2,(H,16,18). The molecule has 0 radical (unpaired) electrons. The smallest absolute Gasteiger partial charge is 0.287 e. The fourth-order valence-corrected chi connectivity index (χ4v) is 2.28. The first-order valence-electron chi connectivity index (χ1n) is 6.63. The predicted molar refractivity (Wildman–Crippen MR) is 73.7 cm³/mol. The first-order chi connectivity index (χ1) is 9.74. The van der Waals surface area contributed by atoms with Crippen molar-refractivity contribution in [1.29, 1.82) is 0 Å². The second-order valence-electron chi connectivity index (χ2n) is 4.91. The summed E-state index contributed by atoms with van der Waals surface area (Å²) < 4.78 is 10.7. The van der Waals surface area contributed by atoms with Gasteiger partial charge in [-0.15, -0.1) is 0 Å². The molecule has 1 unspecified atom stereocenters. The zero-order chi connectivity index (χ0) is 13.9. The Kier molecular flexibility index (Phi) is 3.52. The van der Waals surface area contributed by atoms with E-state index >= 15 is 0 Å². The van der Waals surface area contributed by atoms with Crippen LogP contribution in [0.15, 0.2) is 39.5 Å². The highest BCUT2D eigenvalue weighted by atomic mass is 16.5. The number of hydrogen-bond donors (Lipinski definition) is 1. The van der Waals surface area contributed by atoms with E-state index in [4.69, 9.17) is 9.15 Å². The summed E-state index contributed by atoms with van der Waals surface area (Å²) in [7, 11) is 0. The zero-order valence-corrected chi connectivity index (χ0v) is 10.9. The van der Waals surface area contributed by atoms with Crippen molar-refractivity contribution in [1.82, 2.24) is 5.32 Å². The number of fused-ring (bicyclic) bond motifs is 1. The van der Waals surface area contributed by atoms with Gasteiger partial charge in [0.25, 0.3) is 5.91 Å². The van der Waals surface area contributed by atoms with Crippen LogP contribution in [-0.4, -0.2) is 25.7 Å². The fraction of sp³-hybridized carbons (Fsp3) is 0.333. The fourth-order valence-electron chi connectivity index (χ4n) is 2.28. The van der Waals surface area contributed by atoms with Crippen molar-refractivity contribution in [3.8, 4) is 0 Å². The Labute approximate surface area is 115 Å². The van der Waals surface area contributed by atoms with Gasteiger partial charge in [-0.25, -0.2) is 0 Å². The summed E-state index contributed by atoms with van der Waals surface area (Å²) >= 11 is 0. The van der Waals surface area contributed by atoms with Gasteiger partial charge in [0.1, 0.15) is 5.58 Å². The van der Waals surface area contributed by atoms with E-state index in [9.17, 15) is 9.59 Å². The average Bonchev–Trinajstić information content (AvgIpc) is 2.98. The molecule has 5 nitrogen and oxygen atoms in total. The van der Waals surface area contributed by atoms with Gasteiger partial charge in [0, 0.05) is 25.1 Å². The Morgan fingerprint density at radius 3 is 3.00 bits per heavy atom. The van der Waals surface area contributed by atoms with Crippen molar-refractivity contribution >= 4 is 16.9 Å². The molecular formula is C15H15NO4. The van der Waals surface area contributed by atoms with Crippen molar-refractivity contribution in [2.45, 2.75) is 6.42 Å². The van der Waals surface area contributed by atoms with Crippen molar-refractivity contribution < 1.29 is 13.9 Å². The van der Waals surface area contributed by atoms with Crippen LogP contribution < -0.4 is 10.7 Å². The summed E-state index contributed by atoms with van der Waals surface area (Å²) in [4.78, 5) is 23.9. The van der Waals surface area contributed by atoms with Gasteiger partial charge in [-0.1, -0.05) is 12.1 Å². The Bertz CT molecular complexity index is 686. The van der Waals surface area contributed by atoms with E-state index in [1.807, 2.05) is 0 Å². The summed E-state index contributed by atoms with van der Waals surface area (Å²) in [6.07, 6.45) is 0.946. The lowest BCUT2D eigenvalue weighted by Gasteiger charge is -2.09. The summed E-state index contributed by atoms with van der Waals surface area (Å²) in [6.45, 7) is 1.95. The molecule has 3 rings (SSSR count). The molecular weight excluding hydrogens is 258 g/mol. The van der Waals surface area contributed by atoms with Gasteiger partial charge in [0.2, 0.25) is 0 Å². The van der Waals surface area contributed by atoms with Crippen LogP contribution in [0.1, 0.15) is 17.0 Å². The number of para-hydroxylation sites is 1. The van der Waals surface area contributed by atoms with Crippen LogP contribution >= 0.6 is 0 Å². The molecule has 5 heteroatoms. The minimum absolute atomic E-state index is 0.0487. The lowest BCUT2D eigenvalue weighted by Crippen LogP contribution is -2.30. The molecule has 2 heterocycles. The normalized spacial score (nSPS) is 18.3. The van der Waals surface area contributed by atoms with Crippen LogP contribution in [0, 0.1) is 5.92 Å². The van der Waals surface area contributed by atoms with Gasteiger partial charge >= 0.3 is 0 Å². The SMILES string of the molecule is O=C(NCC1CCOC1)c1cc(=O)c2ccccc2o1. The number of ether oxygens (including phenoxy) is 1. The molecule has 0 saturated carbocycles. The topological polar surface area (TPSA) is 68.5 Å². The predicted octanol–water partition coefficient (Wildman–Crippen LogP) is 1.56. The van der Waals surface area contributed by atoms with Gasteiger partial charge in [-0.2, -0.15) is 0 Å². The summed E-state index contributed by atoms with van der Waals surface area (Å²) in [5, 5.41) is 3.26. The van der Waals surface area contributed by atoms with E-state index in [0.29, 0.717) is 30.0 Å². The first kappa shape index (κ1) is 12.9. The third kappa shape index (κ3) is 2.58. The maximum Gasteiger partial charge on any atom is 0.287 e. The largest absolute Gasteiger partial charge is 0.451 e. The molecule has 2 aromatic rings. The van der Waals surface area contributed by atoms with Crippen LogP contribution in [0.4, 0.5) is 0 Å². The Balaban J connectivity index is 1.79. The van der Waals surface area contributed by atoms with Gasteiger partial charge in [-0.3, -0.25) is 9.59 Å². The van der Waals surface area contributed by atoms with E-state index < -0.39 is 0 Å². The first-order valence-corrected chi connectivity index (χ1v) is 6.63. The maximum absolute atomic E-state index is 12.0. The van der Waals surface area contributed by atoms with E-state index in [-0.39, 0.29) is 17.1 Å². The van der Waals surface area contributed by atoms with Crippen molar-refractivity contribution in [2.75, 3.05) is 19.8 Å². The highest BCUT2D eigenvalue weighted by Crippen LogP contribution is 2.13. The minimum atomic E-state index is -0.361. The highest BCUT2D eigenvalue weighted by Gasteiger charge is 2.18. The summed E-state index contributed by atoms with van der Waals surface area (Å²) in [5.41, 5.74) is 0.218. The second-order valence-corrected chi connectivity index (χ2v) is 4.91. The minimum Gasteiger partial charge on any atom is -0.451 e. The molecule has 1 amide bonds. The Hall–Kier alpha value is -2.14. The molecule has 0 aliphatic carbocycles. The van der Waals surface area contributed by atoms with E-state index in [2.05, 4.69) is 5.32 Å². The molecule has 1 aromatic heterocycles. The van der Waals surface area contributed by atoms with Crippen molar-refractivity contribution in [3.63, 3.8) is 0 Å². The molecule has 1 aliphatic rings. The number of carbonyl (C=O) groups is 1. The molecule has 1 fully saturated rings. The number of benzene rings is 1. The van der Waals surface area contributed by atoms with Gasteiger partial charge in [-0.05, 0) is 18.6 Å². The van der Waals surface area contributed by atoms with Crippen LogP contribution in [0.25, 0.3) is 11.0 Å². The molecule has 1 atom stereocenters. The molecule has 1 saturated heterocycles. The van der Waals surface area contributed by atoms with E-state index in [0.717, 1.165) is 13.0 Å². The van der Waals surface area contributed by atoms with Crippen molar-refractivity contribution in [3.05, 3.63) is 46.3 Å². The molecule has 1 aliphatic heterocycles. The lowest BCUT2D eigenvalue weighted by atomic mass is 10.1. The molecule has 1 N–H and O–H groups in total. The maximum atomic E-state index is 12.0. The number of carbonyl (C=O) groups excluding carboxylic acids is 1. The molecule has 1 aromatic carbocycles. The third-order valence-corrected chi connectivity index (χ3v) is 3.43. The number of nitrogens with one attached hydrogen (secondary N) is 1. The van der Waals surface area contributed by atoms with Crippen LogP contribution in [0.5, 0.6) is 0 Å². The zero-order valence-electron chi connectivity index (χ0n) is 10.9. The molecule has 20 heavy (non-hydrogen) atoms. The van der Waals surface area contributed by atoms with Gasteiger partial charge in [0.15, 0.2) is 11.2 Å². The quantitative estimate of drug-likeness (QED) is 0.921. The number of amides is 1. The molecule has 0 bridgehead atoms. The third-order valence-electron chi connectivity index (χ3n) is 3.43. The Morgan fingerprint density at radius 1 is 1.35 bits per heavy atom. The lowest BCUT2D eigenvalue weighted by molar-refractivity contribution is 0.0918. The van der Waals surface area contributed by atoms with Crippen LogP contribution in [0.2, 0.25) is 0 Å². The molecule has 104 valence electrons. The van der Waals surface area contributed by atoms with E-state index in [1.165, 1.54) is 6.07 Å². The van der Waals surface area contributed by atoms with Gasteiger partial charge < -0.3 is 14.5 Å². The van der Waals surface area contributed by atoms with Crippen LogP contribution in [0.3, 0.4) is 0 Å². The molecule has 0 spiro atoms. The monoisotopic (exact) mass is 273 g/mol. The van der Waals surface area contributed by atoms with Crippen LogP contribution in [-0.2, 0) is 4.74 Å². The van der Waals surface area contributed by atoms with Crippen molar-refractivity contribution in [2.24, 2.45) is 5.92 Å². The second kappa shape index (κ2) is 5.46. The number of rotatable bonds is 3.